The molecule has 0 aromatic carbocycles. The Bertz CT molecular complexity index is 301. The molecule has 0 spiro atoms. The van der Waals surface area contributed by atoms with Crippen LogP contribution in [0.1, 0.15) is 26.2 Å². The third-order valence-electron chi connectivity index (χ3n) is 3.04. The molecule has 1 rings (SSSR count). The van der Waals surface area contributed by atoms with Gasteiger partial charge in [-0.15, -0.1) is 0 Å². The van der Waals surface area contributed by atoms with Crippen molar-refractivity contribution < 1.29 is 9.72 Å². The van der Waals surface area contributed by atoms with Crippen molar-refractivity contribution in [3.05, 3.63) is 22.4 Å². The maximum absolute atomic E-state index is 11.9. The first kappa shape index (κ1) is 11.7. The van der Waals surface area contributed by atoms with Crippen molar-refractivity contribution in [2.45, 2.75) is 26.2 Å². The van der Waals surface area contributed by atoms with Gasteiger partial charge in [0.2, 0.25) is 12.1 Å². The molecule has 0 bridgehead atoms. The number of carbonyl (C=O) groups excluding carboxylic acids is 1. The van der Waals surface area contributed by atoms with Crippen molar-refractivity contribution in [1.29, 1.82) is 0 Å². The third-order valence-corrected chi connectivity index (χ3v) is 3.04. The van der Waals surface area contributed by atoms with Crippen LogP contribution >= 0.6 is 0 Å². The molecule has 1 saturated heterocycles. The maximum atomic E-state index is 11.9. The summed E-state index contributed by atoms with van der Waals surface area (Å²) in [6.07, 6.45) is 4.56. The van der Waals surface area contributed by atoms with Crippen molar-refractivity contribution in [3.8, 4) is 0 Å². The number of likely N-dealkylation sites (tertiary alicyclic amines) is 1. The van der Waals surface area contributed by atoms with E-state index >= 15 is 0 Å². The van der Waals surface area contributed by atoms with E-state index < -0.39 is 10.3 Å². The monoisotopic (exact) mass is 212 g/mol. The highest BCUT2D eigenvalue weighted by molar-refractivity contribution is 5.85. The summed E-state index contributed by atoms with van der Waals surface area (Å²) in [5.74, 6) is -0.00523. The molecule has 0 aromatic heterocycles. The van der Waals surface area contributed by atoms with Crippen molar-refractivity contribution >= 4 is 5.91 Å². The second kappa shape index (κ2) is 4.42. The van der Waals surface area contributed by atoms with E-state index in [1.165, 1.54) is 6.08 Å². The minimum atomic E-state index is -0.653. The fourth-order valence-corrected chi connectivity index (χ4v) is 2.02. The lowest BCUT2D eigenvalue weighted by Gasteiger charge is -2.37. The van der Waals surface area contributed by atoms with Gasteiger partial charge in [0.1, 0.15) is 0 Å². The molecule has 1 unspecified atom stereocenters. The van der Waals surface area contributed by atoms with E-state index in [1.54, 1.807) is 11.9 Å². The van der Waals surface area contributed by atoms with Gasteiger partial charge in [-0.2, -0.15) is 0 Å². The van der Waals surface area contributed by atoms with Gasteiger partial charge in [-0.1, -0.05) is 6.92 Å². The molecule has 15 heavy (non-hydrogen) atoms. The molecule has 1 fully saturated rings. The normalized spacial score (nSPS) is 27.3. The van der Waals surface area contributed by atoms with Crippen LogP contribution in [0.15, 0.2) is 12.3 Å². The van der Waals surface area contributed by atoms with Crippen LogP contribution in [0, 0.1) is 15.5 Å². The van der Waals surface area contributed by atoms with Gasteiger partial charge in [-0.3, -0.25) is 14.9 Å². The van der Waals surface area contributed by atoms with Crippen LogP contribution in [0.3, 0.4) is 0 Å². The number of nitrogens with zero attached hydrogens (tertiary/aromatic N) is 2. The first-order chi connectivity index (χ1) is 7.02. The van der Waals surface area contributed by atoms with Crippen LogP contribution in [0.25, 0.3) is 0 Å². The topological polar surface area (TPSA) is 63.5 Å². The molecule has 1 aliphatic rings. The Labute approximate surface area is 88.9 Å². The highest BCUT2D eigenvalue weighted by Gasteiger charge is 2.39. The smallest absolute Gasteiger partial charge is 0.232 e. The average Bonchev–Trinajstić information content (AvgIpc) is 2.21. The van der Waals surface area contributed by atoms with Gasteiger partial charge in [0.05, 0.1) is 10.3 Å². The SMILES string of the molecule is CCC1(/C=C/[N+](=O)[O-])CCCN(C)C1=O. The zero-order valence-electron chi connectivity index (χ0n) is 9.10. The van der Waals surface area contributed by atoms with Crippen molar-refractivity contribution in [1.82, 2.24) is 4.90 Å². The summed E-state index contributed by atoms with van der Waals surface area (Å²) in [7, 11) is 1.74. The summed E-state index contributed by atoms with van der Waals surface area (Å²) >= 11 is 0. The number of hydrogen-bond acceptors (Lipinski definition) is 3. The molecule has 0 radical (unpaired) electrons. The molecule has 0 saturated carbocycles. The van der Waals surface area contributed by atoms with E-state index in [0.29, 0.717) is 12.8 Å². The van der Waals surface area contributed by atoms with Crippen molar-refractivity contribution in [3.63, 3.8) is 0 Å². The van der Waals surface area contributed by atoms with Crippen molar-refractivity contribution in [2.24, 2.45) is 5.41 Å². The number of rotatable bonds is 3. The molecule has 5 heteroatoms. The van der Waals surface area contributed by atoms with Gasteiger partial charge in [-0.25, -0.2) is 0 Å². The van der Waals surface area contributed by atoms with Crippen LogP contribution in [0.5, 0.6) is 0 Å². The van der Waals surface area contributed by atoms with Crippen LogP contribution < -0.4 is 0 Å². The lowest BCUT2D eigenvalue weighted by molar-refractivity contribution is -0.403. The van der Waals surface area contributed by atoms with Gasteiger partial charge >= 0.3 is 0 Å². The molecular formula is C10H16N2O3. The van der Waals surface area contributed by atoms with Crippen LogP contribution in [-0.2, 0) is 4.79 Å². The lowest BCUT2D eigenvalue weighted by Crippen LogP contribution is -2.45. The predicted octanol–water partition coefficient (Wildman–Crippen LogP) is 1.43. The van der Waals surface area contributed by atoms with Gasteiger partial charge in [0, 0.05) is 19.7 Å². The quantitative estimate of drug-likeness (QED) is 0.525. The Morgan fingerprint density at radius 3 is 2.87 bits per heavy atom. The summed E-state index contributed by atoms with van der Waals surface area (Å²) in [6.45, 7) is 2.63. The van der Waals surface area contributed by atoms with E-state index in [1.807, 2.05) is 6.92 Å². The molecule has 1 atom stereocenters. The molecule has 1 heterocycles. The summed E-state index contributed by atoms with van der Waals surface area (Å²) in [5, 5.41) is 10.3. The standard InChI is InChI=1S/C10H16N2O3/c1-3-10(6-8-12(14)15)5-4-7-11(2)9(10)13/h6,8H,3-5,7H2,1-2H3/b8-6+. The molecule has 0 N–H and O–H groups in total. The number of hydrogen-bond donors (Lipinski definition) is 0. The zero-order chi connectivity index (χ0) is 11.5. The zero-order valence-corrected chi connectivity index (χ0v) is 9.10. The lowest BCUT2D eigenvalue weighted by atomic mass is 9.77. The third kappa shape index (κ3) is 2.34. The highest BCUT2D eigenvalue weighted by atomic mass is 16.6. The Kier molecular flexibility index (Phi) is 3.44. The second-order valence-corrected chi connectivity index (χ2v) is 3.94. The highest BCUT2D eigenvalue weighted by Crippen LogP contribution is 2.35. The number of carbonyl (C=O) groups is 1. The maximum Gasteiger partial charge on any atom is 0.232 e. The largest absolute Gasteiger partial charge is 0.345 e. The predicted molar refractivity (Wildman–Crippen MR) is 55.7 cm³/mol. The Balaban J connectivity index is 2.91. The Morgan fingerprint density at radius 1 is 1.67 bits per heavy atom. The van der Waals surface area contributed by atoms with Crippen molar-refractivity contribution in [2.75, 3.05) is 13.6 Å². The molecular weight excluding hydrogens is 196 g/mol. The number of piperidine rings is 1. The minimum Gasteiger partial charge on any atom is -0.345 e. The fraction of sp³-hybridized carbons (Fsp3) is 0.700. The summed E-state index contributed by atoms with van der Waals surface area (Å²) in [4.78, 5) is 23.4. The molecule has 1 aliphatic heterocycles. The minimum absolute atomic E-state index is 0.00523. The second-order valence-electron chi connectivity index (χ2n) is 3.94. The van der Waals surface area contributed by atoms with Crippen LogP contribution in [0.4, 0.5) is 0 Å². The first-order valence-electron chi connectivity index (χ1n) is 5.10. The first-order valence-corrected chi connectivity index (χ1v) is 5.10. The molecule has 0 aliphatic carbocycles. The van der Waals surface area contributed by atoms with Gasteiger partial charge in [0.25, 0.3) is 0 Å². The Morgan fingerprint density at radius 2 is 2.33 bits per heavy atom. The fourth-order valence-electron chi connectivity index (χ4n) is 2.02. The summed E-state index contributed by atoms with van der Waals surface area (Å²) in [6, 6.07) is 0. The Hall–Kier alpha value is -1.39. The average molecular weight is 212 g/mol. The summed E-state index contributed by atoms with van der Waals surface area (Å²) in [5.41, 5.74) is -0.653. The van der Waals surface area contributed by atoms with Crippen LogP contribution in [0.2, 0.25) is 0 Å². The van der Waals surface area contributed by atoms with E-state index in [0.717, 1.165) is 19.2 Å². The molecule has 0 aromatic rings. The van der Waals surface area contributed by atoms with Crippen LogP contribution in [-0.4, -0.2) is 29.3 Å². The number of nitro groups is 1. The van der Waals surface area contributed by atoms with Gasteiger partial charge in [0.15, 0.2) is 0 Å². The van der Waals surface area contributed by atoms with E-state index in [4.69, 9.17) is 0 Å². The van der Waals surface area contributed by atoms with E-state index in [-0.39, 0.29) is 5.91 Å². The molecule has 1 amide bonds. The van der Waals surface area contributed by atoms with Gasteiger partial charge in [-0.05, 0) is 19.3 Å². The molecule has 5 nitrogen and oxygen atoms in total. The van der Waals surface area contributed by atoms with E-state index in [9.17, 15) is 14.9 Å². The van der Waals surface area contributed by atoms with E-state index in [2.05, 4.69) is 0 Å². The van der Waals surface area contributed by atoms with Gasteiger partial charge < -0.3 is 4.90 Å². The number of amides is 1. The summed E-state index contributed by atoms with van der Waals surface area (Å²) < 4.78 is 0. The molecule has 84 valence electrons.